The number of allylic oxidation sites excluding steroid dienone is 1. The molecule has 0 aromatic heterocycles. The van der Waals surface area contributed by atoms with E-state index in [0.29, 0.717) is 0 Å². The second-order valence-corrected chi connectivity index (χ2v) is 11.4. The van der Waals surface area contributed by atoms with Gasteiger partial charge in [-0.2, -0.15) is 0 Å². The predicted octanol–water partition coefficient (Wildman–Crippen LogP) is 8.08. The van der Waals surface area contributed by atoms with Gasteiger partial charge in [-0.25, -0.2) is 4.79 Å². The first-order valence-electron chi connectivity index (χ1n) is 14.6. The van der Waals surface area contributed by atoms with Crippen LogP contribution < -0.4 is 0 Å². The van der Waals surface area contributed by atoms with E-state index in [1.165, 1.54) is 57.4 Å². The van der Waals surface area contributed by atoms with E-state index >= 15 is 0 Å². The van der Waals surface area contributed by atoms with Gasteiger partial charge in [0.15, 0.2) is 0 Å². The fraction of sp³-hybridized carbons (Fsp3) is 0.867. The summed E-state index contributed by atoms with van der Waals surface area (Å²) in [5.74, 6) is 1.45. The monoisotopic (exact) mass is 474 g/mol. The summed E-state index contributed by atoms with van der Waals surface area (Å²) in [4.78, 5) is 24.9. The van der Waals surface area contributed by atoms with Crippen molar-refractivity contribution in [1.82, 2.24) is 0 Å². The van der Waals surface area contributed by atoms with Crippen molar-refractivity contribution in [2.24, 2.45) is 17.8 Å². The lowest BCUT2D eigenvalue weighted by atomic mass is 9.70. The highest BCUT2D eigenvalue weighted by molar-refractivity contribution is 5.81. The summed E-state index contributed by atoms with van der Waals surface area (Å²) in [6, 6.07) is 0. The molecule has 0 aromatic carbocycles. The second-order valence-electron chi connectivity index (χ2n) is 11.4. The third-order valence-electron chi connectivity index (χ3n) is 8.89. The zero-order chi connectivity index (χ0) is 24.2. The van der Waals surface area contributed by atoms with Crippen molar-refractivity contribution < 1.29 is 19.1 Å². The van der Waals surface area contributed by atoms with Crippen LogP contribution >= 0.6 is 0 Å². The molecular formula is C30H50O4. The Morgan fingerprint density at radius 3 is 2.06 bits per heavy atom. The fourth-order valence-corrected chi connectivity index (χ4v) is 6.79. The Bertz CT molecular complexity index is 632. The van der Waals surface area contributed by atoms with Crippen molar-refractivity contribution >= 4 is 11.9 Å². The maximum atomic E-state index is 13.2. The Kier molecular flexibility index (Phi) is 11.5. The number of hydrogen-bond acceptors (Lipinski definition) is 4. The summed E-state index contributed by atoms with van der Waals surface area (Å²) < 4.78 is 11.9. The normalized spacial score (nSPS) is 29.6. The van der Waals surface area contributed by atoms with Gasteiger partial charge in [0.1, 0.15) is 11.7 Å². The first-order valence-corrected chi connectivity index (χ1v) is 14.6. The van der Waals surface area contributed by atoms with Gasteiger partial charge in [0.25, 0.3) is 0 Å². The van der Waals surface area contributed by atoms with Gasteiger partial charge >= 0.3 is 11.9 Å². The van der Waals surface area contributed by atoms with Crippen LogP contribution in [0.2, 0.25) is 0 Å². The highest BCUT2D eigenvalue weighted by Gasteiger charge is 2.39. The van der Waals surface area contributed by atoms with E-state index in [0.717, 1.165) is 82.5 Å². The van der Waals surface area contributed by atoms with E-state index in [-0.39, 0.29) is 29.6 Å². The third kappa shape index (κ3) is 8.41. The molecule has 0 aromatic rings. The van der Waals surface area contributed by atoms with Crippen LogP contribution in [0.4, 0.5) is 0 Å². The van der Waals surface area contributed by atoms with Crippen molar-refractivity contribution in [3.63, 3.8) is 0 Å². The molecule has 0 saturated heterocycles. The van der Waals surface area contributed by atoms with E-state index in [4.69, 9.17) is 9.47 Å². The molecule has 3 saturated carbocycles. The predicted molar refractivity (Wildman–Crippen MR) is 137 cm³/mol. The van der Waals surface area contributed by atoms with Crippen molar-refractivity contribution in [2.75, 3.05) is 0 Å². The van der Waals surface area contributed by atoms with E-state index in [2.05, 4.69) is 6.92 Å². The Hall–Kier alpha value is -1.32. The highest BCUT2D eigenvalue weighted by atomic mass is 16.6. The molecule has 4 nitrogen and oxygen atoms in total. The number of carbonyl (C=O) groups is 2. The number of rotatable bonds is 11. The molecule has 4 heteroatoms. The molecule has 0 spiro atoms. The highest BCUT2D eigenvalue weighted by Crippen LogP contribution is 2.42. The molecule has 0 unspecified atom stereocenters. The van der Waals surface area contributed by atoms with Crippen molar-refractivity contribution in [3.8, 4) is 0 Å². The number of unbranched alkanes of at least 4 members (excludes halogenated alkanes) is 4. The largest absolute Gasteiger partial charge is 0.459 e. The lowest BCUT2D eigenvalue weighted by Crippen LogP contribution is -2.40. The Balaban J connectivity index is 1.40. The summed E-state index contributed by atoms with van der Waals surface area (Å²) in [6.07, 6.45) is 25.2. The summed E-state index contributed by atoms with van der Waals surface area (Å²) in [5, 5.41) is 0. The zero-order valence-corrected chi connectivity index (χ0v) is 22.0. The van der Waals surface area contributed by atoms with Crippen LogP contribution in [-0.4, -0.2) is 23.6 Å². The average Bonchev–Trinajstić information content (AvgIpc) is 2.85. The first-order chi connectivity index (χ1) is 16.5. The van der Waals surface area contributed by atoms with Gasteiger partial charge in [0.2, 0.25) is 0 Å². The van der Waals surface area contributed by atoms with Gasteiger partial charge in [0.05, 0.1) is 5.92 Å². The molecular weight excluding hydrogens is 424 g/mol. The molecule has 194 valence electrons. The van der Waals surface area contributed by atoms with Crippen LogP contribution in [-0.2, 0) is 19.1 Å². The minimum absolute atomic E-state index is 0.0833. The van der Waals surface area contributed by atoms with Gasteiger partial charge in [-0.3, -0.25) is 4.79 Å². The van der Waals surface area contributed by atoms with Crippen LogP contribution in [0.25, 0.3) is 0 Å². The molecule has 0 bridgehead atoms. The molecule has 3 rings (SSSR count). The van der Waals surface area contributed by atoms with E-state index in [1.54, 1.807) is 6.08 Å². The SMILES string of the molecule is C/C=C/C(=O)OC1CCC(C2CCC(C(=O)OC3(CCCCCCC)CCCCC3)CC2)CC1. The Morgan fingerprint density at radius 2 is 1.44 bits per heavy atom. The molecule has 0 amide bonds. The summed E-state index contributed by atoms with van der Waals surface area (Å²) in [6.45, 7) is 4.10. The minimum atomic E-state index is -0.207. The standard InChI is InChI=1S/C30H50O4/c1-3-5-6-7-9-21-30(22-10-8-11-23-30)34-29(32)26-15-13-24(14-16-26)25-17-19-27(20-18-25)33-28(31)12-4-2/h4,12,24-27H,3,5-11,13-23H2,1-2H3/b12-4+. The van der Waals surface area contributed by atoms with E-state index < -0.39 is 0 Å². The average molecular weight is 475 g/mol. The quantitative estimate of drug-likeness (QED) is 0.172. The fourth-order valence-electron chi connectivity index (χ4n) is 6.79. The topological polar surface area (TPSA) is 52.6 Å². The lowest BCUT2D eigenvalue weighted by molar-refractivity contribution is -0.171. The molecule has 0 aliphatic heterocycles. The molecule has 0 atom stereocenters. The first kappa shape index (κ1) is 27.3. The molecule has 0 radical (unpaired) electrons. The molecule has 3 aliphatic carbocycles. The van der Waals surface area contributed by atoms with Gasteiger partial charge in [-0.1, -0.05) is 45.1 Å². The van der Waals surface area contributed by atoms with Crippen LogP contribution in [0.1, 0.15) is 136 Å². The molecule has 0 heterocycles. The smallest absolute Gasteiger partial charge is 0.330 e. The Labute approximate surface area is 208 Å². The number of esters is 2. The molecule has 3 aliphatic rings. The number of ether oxygens (including phenoxy) is 2. The second kappa shape index (κ2) is 14.3. The van der Waals surface area contributed by atoms with Crippen LogP contribution in [0.5, 0.6) is 0 Å². The van der Waals surface area contributed by atoms with Gasteiger partial charge in [-0.05, 0) is 109 Å². The third-order valence-corrected chi connectivity index (χ3v) is 8.89. The Morgan fingerprint density at radius 1 is 0.824 bits per heavy atom. The van der Waals surface area contributed by atoms with E-state index in [1.807, 2.05) is 6.92 Å². The van der Waals surface area contributed by atoms with Crippen LogP contribution in [0.3, 0.4) is 0 Å². The van der Waals surface area contributed by atoms with Gasteiger partial charge in [-0.15, -0.1) is 0 Å². The van der Waals surface area contributed by atoms with Crippen LogP contribution in [0.15, 0.2) is 12.2 Å². The molecule has 0 N–H and O–H groups in total. The summed E-state index contributed by atoms with van der Waals surface area (Å²) in [5.41, 5.74) is -0.165. The molecule has 34 heavy (non-hydrogen) atoms. The lowest BCUT2D eigenvalue weighted by Gasteiger charge is -2.40. The molecule has 3 fully saturated rings. The van der Waals surface area contributed by atoms with Gasteiger partial charge in [0, 0.05) is 6.08 Å². The maximum absolute atomic E-state index is 13.2. The van der Waals surface area contributed by atoms with Gasteiger partial charge < -0.3 is 9.47 Å². The summed E-state index contributed by atoms with van der Waals surface area (Å²) >= 11 is 0. The minimum Gasteiger partial charge on any atom is -0.459 e. The van der Waals surface area contributed by atoms with E-state index in [9.17, 15) is 9.59 Å². The number of hydrogen-bond donors (Lipinski definition) is 0. The zero-order valence-electron chi connectivity index (χ0n) is 22.0. The van der Waals surface area contributed by atoms with Crippen molar-refractivity contribution in [1.29, 1.82) is 0 Å². The number of carbonyl (C=O) groups excluding carboxylic acids is 2. The maximum Gasteiger partial charge on any atom is 0.330 e. The van der Waals surface area contributed by atoms with Crippen molar-refractivity contribution in [2.45, 2.75) is 148 Å². The summed E-state index contributed by atoms with van der Waals surface area (Å²) in [7, 11) is 0. The van der Waals surface area contributed by atoms with Crippen molar-refractivity contribution in [3.05, 3.63) is 12.2 Å². The van der Waals surface area contributed by atoms with Crippen LogP contribution in [0, 0.1) is 17.8 Å².